The van der Waals surface area contributed by atoms with Gasteiger partial charge in [0, 0.05) is 20.2 Å². The fourth-order valence-corrected chi connectivity index (χ4v) is 0.811. The zero-order valence-corrected chi connectivity index (χ0v) is 4.77. The molecule has 0 N–H and O–H groups in total. The lowest BCUT2D eigenvalue weighted by atomic mass is 11.0. The minimum atomic E-state index is 0.616. The normalized spacial score (nSPS) is 23.5. The lowest BCUT2D eigenvalue weighted by Crippen LogP contribution is -1.73. The van der Waals surface area contributed by atoms with Crippen molar-refractivity contribution in [3.8, 4) is 0 Å². The van der Waals surface area contributed by atoms with Crippen molar-refractivity contribution in [2.75, 3.05) is 20.2 Å². The minimum Gasteiger partial charge on any atom is -0.349 e. The molecule has 2 nitrogen and oxygen atoms in total. The van der Waals surface area contributed by atoms with Gasteiger partial charge >= 0.3 is 0 Å². The Bertz CT molecular complexity index is 46.1. The first kappa shape index (κ1) is 4.51. The van der Waals surface area contributed by atoms with Crippen molar-refractivity contribution >= 4 is 8.96 Å². The summed E-state index contributed by atoms with van der Waals surface area (Å²) in [5, 5.41) is 0. The fourth-order valence-electron chi connectivity index (χ4n) is 0.270. The molecule has 0 radical (unpaired) electrons. The molecule has 1 fully saturated rings. The molecule has 0 amide bonds. The summed E-state index contributed by atoms with van der Waals surface area (Å²) in [6.07, 6.45) is 0. The van der Waals surface area contributed by atoms with Crippen LogP contribution in [-0.4, -0.2) is 24.9 Å². The molecule has 1 unspecified atom stereocenters. The molecule has 36 valence electrons. The Balaban J connectivity index is 1.88. The average molecular weight is 105 g/mol. The van der Waals surface area contributed by atoms with Crippen LogP contribution in [0, 0.1) is 0 Å². The Labute approximate surface area is 39.4 Å². The molecule has 1 aliphatic heterocycles. The average Bonchev–Trinajstić information content (AvgIpc) is 2.21. The fraction of sp³-hybridized carbons (Fsp3) is 1.00. The first-order valence-electron chi connectivity index (χ1n) is 1.97. The summed E-state index contributed by atoms with van der Waals surface area (Å²) in [5.41, 5.74) is 0. The van der Waals surface area contributed by atoms with Crippen LogP contribution in [0.5, 0.6) is 0 Å². The molecule has 0 bridgehead atoms. The van der Waals surface area contributed by atoms with Crippen LogP contribution in [0.2, 0.25) is 0 Å². The minimum absolute atomic E-state index is 0.616. The molecule has 1 rings (SSSR count). The summed E-state index contributed by atoms with van der Waals surface area (Å²) in [5.74, 6) is 0. The van der Waals surface area contributed by atoms with Crippen LogP contribution in [-0.2, 0) is 4.52 Å². The van der Waals surface area contributed by atoms with E-state index >= 15 is 0 Å². The van der Waals surface area contributed by atoms with Crippen molar-refractivity contribution < 1.29 is 4.52 Å². The summed E-state index contributed by atoms with van der Waals surface area (Å²) < 4.78 is 7.06. The lowest BCUT2D eigenvalue weighted by Gasteiger charge is -1.91. The topological polar surface area (TPSA) is 12.2 Å². The van der Waals surface area contributed by atoms with Crippen molar-refractivity contribution in [3.05, 3.63) is 0 Å². The highest BCUT2D eigenvalue weighted by atomic mass is 31.1. The Kier molecular flexibility index (Phi) is 1.41. The van der Waals surface area contributed by atoms with Gasteiger partial charge in [0.25, 0.3) is 0 Å². The van der Waals surface area contributed by atoms with Crippen LogP contribution in [0.25, 0.3) is 0 Å². The predicted octanol–water partition coefficient (Wildman–Crippen LogP) is 0.457. The van der Waals surface area contributed by atoms with Crippen molar-refractivity contribution in [2.24, 2.45) is 0 Å². The highest BCUT2D eigenvalue weighted by Gasteiger charge is 2.15. The van der Waals surface area contributed by atoms with Gasteiger partial charge in [-0.3, -0.25) is 4.67 Å². The Morgan fingerprint density at radius 3 is 2.50 bits per heavy atom. The van der Waals surface area contributed by atoms with Crippen molar-refractivity contribution in [3.63, 3.8) is 0 Å². The van der Waals surface area contributed by atoms with Crippen molar-refractivity contribution in [2.45, 2.75) is 0 Å². The quantitative estimate of drug-likeness (QED) is 0.373. The maximum atomic E-state index is 4.82. The monoisotopic (exact) mass is 105 g/mol. The second-order valence-corrected chi connectivity index (χ2v) is 2.51. The lowest BCUT2D eigenvalue weighted by molar-refractivity contribution is 0.457. The van der Waals surface area contributed by atoms with E-state index in [1.54, 1.807) is 7.11 Å². The molecule has 1 saturated heterocycles. The molecular formula is C3H8NOP. The molecule has 0 spiro atoms. The standard InChI is InChI=1S/C3H8NOP/c1-5-6-4-2-3-4/h6H,2-3H2,1H3. The van der Waals surface area contributed by atoms with Gasteiger partial charge in [-0.1, -0.05) is 0 Å². The third-order valence-electron chi connectivity index (χ3n) is 0.668. The van der Waals surface area contributed by atoms with E-state index in [1.807, 2.05) is 0 Å². The van der Waals surface area contributed by atoms with E-state index < -0.39 is 0 Å². The Morgan fingerprint density at radius 1 is 1.67 bits per heavy atom. The highest BCUT2D eigenvalue weighted by Crippen LogP contribution is 2.24. The Hall–Kier alpha value is 0.350. The summed E-state index contributed by atoms with van der Waals surface area (Å²) >= 11 is 0. The molecule has 0 aromatic heterocycles. The maximum absolute atomic E-state index is 4.82. The predicted molar refractivity (Wildman–Crippen MR) is 26.9 cm³/mol. The third kappa shape index (κ3) is 1.21. The van der Waals surface area contributed by atoms with Gasteiger partial charge in [-0.15, -0.1) is 0 Å². The molecule has 3 heteroatoms. The highest BCUT2D eigenvalue weighted by molar-refractivity contribution is 7.29. The van der Waals surface area contributed by atoms with Gasteiger partial charge in [-0.2, -0.15) is 0 Å². The molecule has 0 saturated carbocycles. The van der Waals surface area contributed by atoms with E-state index in [-0.39, 0.29) is 0 Å². The number of hydrogen-bond acceptors (Lipinski definition) is 2. The summed E-state index contributed by atoms with van der Waals surface area (Å²) in [6.45, 7) is 2.48. The first-order valence-corrected chi connectivity index (χ1v) is 2.82. The third-order valence-corrected chi connectivity index (χ3v) is 1.56. The van der Waals surface area contributed by atoms with Crippen LogP contribution in [0.3, 0.4) is 0 Å². The molecule has 6 heavy (non-hydrogen) atoms. The van der Waals surface area contributed by atoms with E-state index in [0.717, 1.165) is 0 Å². The van der Waals surface area contributed by atoms with Gasteiger partial charge in [-0.05, 0) is 0 Å². The maximum Gasteiger partial charge on any atom is 0.0885 e. The molecule has 1 atom stereocenters. The second kappa shape index (κ2) is 1.87. The summed E-state index contributed by atoms with van der Waals surface area (Å²) in [7, 11) is 2.35. The van der Waals surface area contributed by atoms with Gasteiger partial charge in [0.2, 0.25) is 0 Å². The van der Waals surface area contributed by atoms with Crippen LogP contribution < -0.4 is 0 Å². The zero-order chi connectivity index (χ0) is 4.41. The van der Waals surface area contributed by atoms with E-state index in [9.17, 15) is 0 Å². The summed E-state index contributed by atoms with van der Waals surface area (Å²) in [6, 6.07) is 0. The van der Waals surface area contributed by atoms with Gasteiger partial charge in [-0.25, -0.2) is 0 Å². The van der Waals surface area contributed by atoms with Crippen LogP contribution in [0.4, 0.5) is 0 Å². The van der Waals surface area contributed by atoms with E-state index in [1.165, 1.54) is 13.1 Å². The van der Waals surface area contributed by atoms with Crippen molar-refractivity contribution in [1.29, 1.82) is 0 Å². The second-order valence-electron chi connectivity index (χ2n) is 1.28. The summed E-state index contributed by atoms with van der Waals surface area (Å²) in [4.78, 5) is 0. The van der Waals surface area contributed by atoms with Gasteiger partial charge in [0.1, 0.15) is 0 Å². The van der Waals surface area contributed by atoms with Crippen LogP contribution >= 0.6 is 8.96 Å². The van der Waals surface area contributed by atoms with Gasteiger partial charge in [0.15, 0.2) is 0 Å². The largest absolute Gasteiger partial charge is 0.349 e. The first-order chi connectivity index (χ1) is 2.93. The smallest absolute Gasteiger partial charge is 0.0885 e. The molecule has 0 aliphatic carbocycles. The SMILES string of the molecule is COPN1CC1. The number of rotatable bonds is 2. The van der Waals surface area contributed by atoms with Gasteiger partial charge in [0.05, 0.1) is 8.96 Å². The van der Waals surface area contributed by atoms with Gasteiger partial charge < -0.3 is 4.52 Å². The molecule has 1 heterocycles. The van der Waals surface area contributed by atoms with E-state index in [2.05, 4.69) is 4.67 Å². The molecular weight excluding hydrogens is 97.0 g/mol. The number of hydrogen-bond donors (Lipinski definition) is 0. The van der Waals surface area contributed by atoms with Crippen LogP contribution in [0.15, 0.2) is 0 Å². The van der Waals surface area contributed by atoms with E-state index in [0.29, 0.717) is 8.96 Å². The Morgan fingerprint density at radius 2 is 2.33 bits per heavy atom. The molecule has 1 aliphatic rings. The molecule has 0 aromatic carbocycles. The zero-order valence-electron chi connectivity index (χ0n) is 3.77. The van der Waals surface area contributed by atoms with E-state index in [4.69, 9.17) is 4.52 Å². The number of nitrogens with zero attached hydrogens (tertiary/aromatic N) is 1. The van der Waals surface area contributed by atoms with Crippen LogP contribution in [0.1, 0.15) is 0 Å². The van der Waals surface area contributed by atoms with Crippen molar-refractivity contribution in [1.82, 2.24) is 4.67 Å². The molecule has 0 aromatic rings.